The highest BCUT2D eigenvalue weighted by Crippen LogP contribution is 2.29. The lowest BCUT2D eigenvalue weighted by Crippen LogP contribution is -2.39. The predicted octanol–water partition coefficient (Wildman–Crippen LogP) is 4.57. The third kappa shape index (κ3) is 7.73. The van der Waals surface area contributed by atoms with Gasteiger partial charge < -0.3 is 14.4 Å². The number of benzene rings is 2. The summed E-state index contributed by atoms with van der Waals surface area (Å²) >= 11 is 0. The zero-order chi connectivity index (χ0) is 28.0. The molecule has 1 aliphatic rings. The minimum atomic E-state index is -4.73. The Morgan fingerprint density at radius 1 is 0.923 bits per heavy atom. The molecule has 2 aromatic carbocycles. The van der Waals surface area contributed by atoms with Crippen molar-refractivity contribution in [3.05, 3.63) is 77.6 Å². The Labute approximate surface area is 225 Å². The second-order valence-electron chi connectivity index (χ2n) is 9.80. The Bertz CT molecular complexity index is 1250. The van der Waals surface area contributed by atoms with Crippen molar-refractivity contribution in [2.45, 2.75) is 45.5 Å². The number of likely N-dealkylation sites (N-methyl/N-ethyl adjacent to an activating group) is 1. The summed E-state index contributed by atoms with van der Waals surface area (Å²) in [5.74, 6) is 1.72. The number of hydrazine groups is 2. The molecule has 1 aromatic heterocycles. The maximum Gasteiger partial charge on any atom is 0.573 e. The zero-order valence-corrected chi connectivity index (χ0v) is 22.3. The molecule has 0 unspecified atom stereocenters. The van der Waals surface area contributed by atoms with E-state index in [2.05, 4.69) is 44.7 Å². The first kappa shape index (κ1) is 28.0. The summed E-state index contributed by atoms with van der Waals surface area (Å²) in [4.78, 5) is 11.2. The Morgan fingerprint density at radius 2 is 1.56 bits per heavy atom. The lowest BCUT2D eigenvalue weighted by Gasteiger charge is -2.33. The standard InChI is InChI=1S/C27H32F3N7O2/c1-5-19-14-31-25(32-15-19)37(16-20-6-10-23(11-7-20)39-27(28,29)30)18-26(2,3)21-8-12-22(13-9-21)38-17-24-33-34-35-36(24)4/h6-15,34-35H,5,16-18H2,1-4H3. The van der Waals surface area contributed by atoms with Crippen LogP contribution in [0.4, 0.5) is 19.1 Å². The summed E-state index contributed by atoms with van der Waals surface area (Å²) in [6.07, 6.45) is -0.322. The van der Waals surface area contributed by atoms with Crippen LogP contribution in [0.2, 0.25) is 0 Å². The number of halogens is 3. The monoisotopic (exact) mass is 543 g/mol. The number of hydrogen-bond acceptors (Lipinski definition) is 9. The van der Waals surface area contributed by atoms with Gasteiger partial charge in [0.05, 0.1) is 0 Å². The zero-order valence-electron chi connectivity index (χ0n) is 22.3. The molecule has 2 N–H and O–H groups in total. The van der Waals surface area contributed by atoms with E-state index in [9.17, 15) is 13.2 Å². The molecule has 12 heteroatoms. The lowest BCUT2D eigenvalue weighted by atomic mass is 9.84. The van der Waals surface area contributed by atoms with Gasteiger partial charge in [0.1, 0.15) is 18.1 Å². The van der Waals surface area contributed by atoms with Crippen molar-refractivity contribution in [2.75, 3.05) is 25.1 Å². The molecule has 0 fully saturated rings. The van der Waals surface area contributed by atoms with Gasteiger partial charge in [-0.1, -0.05) is 45.0 Å². The molecule has 0 bridgehead atoms. The number of nitrogens with zero attached hydrogens (tertiary/aromatic N) is 5. The molecule has 39 heavy (non-hydrogen) atoms. The van der Waals surface area contributed by atoms with Gasteiger partial charge in [-0.2, -0.15) is 0 Å². The summed E-state index contributed by atoms with van der Waals surface area (Å²) in [7, 11) is 1.84. The average molecular weight is 544 g/mol. The number of alkyl halides is 3. The molecule has 3 aromatic rings. The Hall–Kier alpha value is -4.06. The Kier molecular flexibility index (Phi) is 8.44. The predicted molar refractivity (Wildman–Crippen MR) is 142 cm³/mol. The number of ether oxygens (including phenoxy) is 2. The molecule has 208 valence electrons. The third-order valence-electron chi connectivity index (χ3n) is 6.29. The van der Waals surface area contributed by atoms with Crippen LogP contribution >= 0.6 is 0 Å². The molecule has 1 aliphatic heterocycles. The molecule has 0 saturated heterocycles. The van der Waals surface area contributed by atoms with Crippen LogP contribution < -0.4 is 25.4 Å². The Balaban J connectivity index is 1.49. The molecule has 0 saturated carbocycles. The van der Waals surface area contributed by atoms with Gasteiger partial charge in [-0.3, -0.25) is 5.01 Å². The van der Waals surface area contributed by atoms with Gasteiger partial charge >= 0.3 is 6.36 Å². The van der Waals surface area contributed by atoms with Crippen LogP contribution in [-0.2, 0) is 18.4 Å². The van der Waals surface area contributed by atoms with E-state index >= 15 is 0 Å². The highest BCUT2D eigenvalue weighted by atomic mass is 19.4. The minimum Gasteiger partial charge on any atom is -0.486 e. The van der Waals surface area contributed by atoms with Gasteiger partial charge in [-0.25, -0.2) is 15.5 Å². The maximum absolute atomic E-state index is 12.6. The fourth-order valence-electron chi connectivity index (χ4n) is 4.06. The van der Waals surface area contributed by atoms with Crippen molar-refractivity contribution in [1.29, 1.82) is 0 Å². The van der Waals surface area contributed by atoms with Crippen LogP contribution in [0.5, 0.6) is 11.5 Å². The highest BCUT2D eigenvalue weighted by Gasteiger charge is 2.31. The normalized spacial score (nSPS) is 13.6. The van der Waals surface area contributed by atoms with E-state index in [4.69, 9.17) is 4.74 Å². The molecular weight excluding hydrogens is 511 g/mol. The van der Waals surface area contributed by atoms with E-state index in [0.29, 0.717) is 31.4 Å². The quantitative estimate of drug-likeness (QED) is 0.364. The molecule has 0 amide bonds. The van der Waals surface area contributed by atoms with Gasteiger partial charge in [0.15, 0.2) is 5.84 Å². The minimum absolute atomic E-state index is 0.261. The van der Waals surface area contributed by atoms with Crippen LogP contribution in [0.15, 0.2) is 66.0 Å². The number of hydrazone groups is 1. The van der Waals surface area contributed by atoms with Crippen molar-refractivity contribution in [3.8, 4) is 11.5 Å². The van der Waals surface area contributed by atoms with Crippen molar-refractivity contribution < 1.29 is 22.6 Å². The molecule has 9 nitrogen and oxygen atoms in total. The molecule has 0 aliphatic carbocycles. The van der Waals surface area contributed by atoms with E-state index in [1.807, 2.05) is 43.1 Å². The summed E-state index contributed by atoms with van der Waals surface area (Å²) < 4.78 is 47.6. The topological polar surface area (TPSA) is 87.1 Å². The van der Waals surface area contributed by atoms with Gasteiger partial charge in [-0.15, -0.1) is 23.8 Å². The highest BCUT2D eigenvalue weighted by molar-refractivity contribution is 5.83. The van der Waals surface area contributed by atoms with E-state index in [1.54, 1.807) is 29.5 Å². The van der Waals surface area contributed by atoms with Crippen molar-refractivity contribution in [1.82, 2.24) is 26.0 Å². The average Bonchev–Trinajstić information content (AvgIpc) is 3.32. The summed E-state index contributed by atoms with van der Waals surface area (Å²) in [6, 6.07) is 13.7. The molecular formula is C27H32F3N7O2. The molecule has 0 spiro atoms. The number of amidine groups is 1. The van der Waals surface area contributed by atoms with E-state index in [-0.39, 0.29) is 11.2 Å². The number of anilines is 1. The molecule has 0 radical (unpaired) electrons. The number of hydrogen-bond donors (Lipinski definition) is 2. The first-order chi connectivity index (χ1) is 18.5. The first-order valence-corrected chi connectivity index (χ1v) is 12.5. The van der Waals surface area contributed by atoms with Crippen molar-refractivity contribution in [3.63, 3.8) is 0 Å². The first-order valence-electron chi connectivity index (χ1n) is 12.5. The van der Waals surface area contributed by atoms with Crippen LogP contribution in [0.25, 0.3) is 0 Å². The SMILES string of the molecule is CCc1cnc(N(Cc2ccc(OC(F)(F)F)cc2)CC(C)(C)c2ccc(OCC3=NNNN3C)cc2)nc1. The largest absolute Gasteiger partial charge is 0.573 e. The van der Waals surface area contributed by atoms with E-state index in [0.717, 1.165) is 28.9 Å². The summed E-state index contributed by atoms with van der Waals surface area (Å²) in [5.41, 5.74) is 8.08. The summed E-state index contributed by atoms with van der Waals surface area (Å²) in [5, 5.41) is 5.83. The fraction of sp³-hybridized carbons (Fsp3) is 0.370. The molecule has 2 heterocycles. The van der Waals surface area contributed by atoms with Crippen molar-refractivity contribution >= 4 is 11.8 Å². The van der Waals surface area contributed by atoms with E-state index in [1.165, 1.54) is 12.1 Å². The number of aryl methyl sites for hydroxylation is 1. The van der Waals surface area contributed by atoms with Gasteiger partial charge in [0.2, 0.25) is 5.95 Å². The Morgan fingerprint density at radius 3 is 2.13 bits per heavy atom. The lowest BCUT2D eigenvalue weighted by molar-refractivity contribution is -0.274. The van der Waals surface area contributed by atoms with Crippen LogP contribution in [-0.4, -0.2) is 47.4 Å². The number of aromatic nitrogens is 2. The van der Waals surface area contributed by atoms with Crippen molar-refractivity contribution in [2.24, 2.45) is 5.10 Å². The number of rotatable bonds is 11. The second kappa shape index (κ2) is 11.8. The smallest absolute Gasteiger partial charge is 0.486 e. The van der Waals surface area contributed by atoms with Crippen LogP contribution in [0.1, 0.15) is 37.5 Å². The van der Waals surface area contributed by atoms with E-state index < -0.39 is 6.36 Å². The summed E-state index contributed by atoms with van der Waals surface area (Å²) in [6.45, 7) is 7.54. The third-order valence-corrected chi connectivity index (χ3v) is 6.29. The van der Waals surface area contributed by atoms with Gasteiger partial charge in [0, 0.05) is 37.9 Å². The molecule has 0 atom stereocenters. The fourth-order valence-corrected chi connectivity index (χ4v) is 4.06. The second-order valence-corrected chi connectivity index (χ2v) is 9.80. The van der Waals surface area contributed by atoms with Crippen LogP contribution in [0, 0.1) is 0 Å². The number of nitrogens with one attached hydrogen (secondary N) is 2. The molecule has 4 rings (SSSR count). The van der Waals surface area contributed by atoms with Crippen LogP contribution in [0.3, 0.4) is 0 Å². The van der Waals surface area contributed by atoms with Gasteiger partial charge in [0.25, 0.3) is 0 Å². The maximum atomic E-state index is 12.6. The van der Waals surface area contributed by atoms with Gasteiger partial charge in [-0.05, 0) is 47.4 Å².